The third-order valence-corrected chi connectivity index (χ3v) is 1.79. The van der Waals surface area contributed by atoms with Gasteiger partial charge >= 0.3 is 12.0 Å². The van der Waals surface area contributed by atoms with Crippen LogP contribution in [0.5, 0.6) is 0 Å². The van der Waals surface area contributed by atoms with Crippen molar-refractivity contribution < 1.29 is 14.7 Å². The average Bonchev–Trinajstić information content (AvgIpc) is 2.21. The van der Waals surface area contributed by atoms with E-state index in [4.69, 9.17) is 16.7 Å². The zero-order chi connectivity index (χ0) is 12.0. The Kier molecular flexibility index (Phi) is 4.35. The first-order valence-corrected chi connectivity index (χ1v) is 4.68. The molecule has 0 aliphatic carbocycles. The van der Waals surface area contributed by atoms with E-state index in [1.807, 2.05) is 0 Å². The Balaban J connectivity index is 2.45. The molecule has 0 aliphatic heterocycles. The molecule has 6 heteroatoms. The molecule has 0 bridgehead atoms. The Bertz CT molecular complexity index is 415. The molecular weight excluding hydrogens is 232 g/mol. The first-order chi connectivity index (χ1) is 7.58. The van der Waals surface area contributed by atoms with Crippen LogP contribution in [0.2, 0.25) is 5.02 Å². The van der Waals surface area contributed by atoms with Gasteiger partial charge in [0.15, 0.2) is 0 Å². The summed E-state index contributed by atoms with van der Waals surface area (Å²) < 4.78 is 0. The number of halogens is 1. The van der Waals surface area contributed by atoms with Crippen molar-refractivity contribution in [1.82, 2.24) is 5.32 Å². The van der Waals surface area contributed by atoms with Crippen molar-refractivity contribution in [3.63, 3.8) is 0 Å². The van der Waals surface area contributed by atoms with Gasteiger partial charge in [-0.2, -0.15) is 0 Å². The van der Waals surface area contributed by atoms with Crippen LogP contribution in [-0.4, -0.2) is 17.1 Å². The normalized spacial score (nSPS) is 10.1. The summed E-state index contributed by atoms with van der Waals surface area (Å²) in [7, 11) is 0. The van der Waals surface area contributed by atoms with Gasteiger partial charge in [-0.3, -0.25) is 0 Å². The molecule has 0 aliphatic rings. The minimum Gasteiger partial charge on any atom is -0.478 e. The van der Waals surface area contributed by atoms with Crippen LogP contribution in [0.15, 0.2) is 36.5 Å². The highest BCUT2D eigenvalue weighted by Crippen LogP contribution is 2.12. The minimum absolute atomic E-state index is 0.528. The van der Waals surface area contributed by atoms with E-state index in [9.17, 15) is 9.59 Å². The molecule has 0 aromatic heterocycles. The number of benzene rings is 1. The molecule has 0 fully saturated rings. The summed E-state index contributed by atoms with van der Waals surface area (Å²) in [6.45, 7) is 0. The quantitative estimate of drug-likeness (QED) is 0.708. The molecule has 1 aromatic rings. The van der Waals surface area contributed by atoms with Gasteiger partial charge in [0.1, 0.15) is 0 Å². The maximum absolute atomic E-state index is 11.2. The number of carbonyl (C=O) groups excluding carboxylic acids is 1. The fraction of sp³-hybridized carbons (Fsp3) is 0. The van der Waals surface area contributed by atoms with E-state index in [0.29, 0.717) is 10.7 Å². The number of rotatable bonds is 3. The summed E-state index contributed by atoms with van der Waals surface area (Å²) in [6, 6.07) is 5.99. The monoisotopic (exact) mass is 240 g/mol. The molecule has 0 heterocycles. The second kappa shape index (κ2) is 5.77. The largest absolute Gasteiger partial charge is 0.478 e. The average molecular weight is 241 g/mol. The Morgan fingerprint density at radius 1 is 1.25 bits per heavy atom. The van der Waals surface area contributed by atoms with Crippen molar-refractivity contribution >= 4 is 29.3 Å². The highest BCUT2D eigenvalue weighted by atomic mass is 35.5. The molecule has 0 saturated heterocycles. The van der Waals surface area contributed by atoms with E-state index >= 15 is 0 Å². The zero-order valence-corrected chi connectivity index (χ0v) is 8.86. The van der Waals surface area contributed by atoms with Crippen molar-refractivity contribution in [1.29, 1.82) is 0 Å². The van der Waals surface area contributed by atoms with Crippen LogP contribution in [-0.2, 0) is 4.79 Å². The van der Waals surface area contributed by atoms with Gasteiger partial charge in [-0.1, -0.05) is 11.6 Å². The number of aliphatic carboxylic acids is 1. The number of carbonyl (C=O) groups is 2. The van der Waals surface area contributed by atoms with Gasteiger partial charge < -0.3 is 15.7 Å². The molecule has 1 aromatic carbocycles. The van der Waals surface area contributed by atoms with E-state index in [2.05, 4.69) is 10.6 Å². The van der Waals surface area contributed by atoms with Gasteiger partial charge in [0.05, 0.1) is 0 Å². The van der Waals surface area contributed by atoms with E-state index in [-0.39, 0.29) is 0 Å². The first kappa shape index (κ1) is 12.1. The molecule has 5 nitrogen and oxygen atoms in total. The van der Waals surface area contributed by atoms with Crippen LogP contribution in [0.1, 0.15) is 0 Å². The Morgan fingerprint density at radius 2 is 1.88 bits per heavy atom. The number of carboxylic acids is 1. The van der Waals surface area contributed by atoms with Crippen LogP contribution >= 0.6 is 11.6 Å². The van der Waals surface area contributed by atoms with E-state index in [1.165, 1.54) is 0 Å². The molecule has 0 spiro atoms. The second-order valence-electron chi connectivity index (χ2n) is 2.78. The Hall–Kier alpha value is -2.01. The van der Waals surface area contributed by atoms with Gasteiger partial charge in [-0.15, -0.1) is 0 Å². The summed E-state index contributed by atoms with van der Waals surface area (Å²) in [5.74, 6) is -1.13. The molecule has 16 heavy (non-hydrogen) atoms. The summed E-state index contributed by atoms with van der Waals surface area (Å²) in [6.07, 6.45) is 1.86. The van der Waals surface area contributed by atoms with Crippen LogP contribution < -0.4 is 10.6 Å². The number of carboxylic acid groups (broad SMARTS) is 1. The van der Waals surface area contributed by atoms with Crippen molar-refractivity contribution in [3.8, 4) is 0 Å². The highest BCUT2D eigenvalue weighted by molar-refractivity contribution is 6.30. The van der Waals surface area contributed by atoms with Crippen LogP contribution in [0.3, 0.4) is 0 Å². The molecule has 2 amide bonds. The topological polar surface area (TPSA) is 78.4 Å². The SMILES string of the molecule is O=C(O)/C=C/NC(=O)Nc1ccc(Cl)cc1. The van der Waals surface area contributed by atoms with Gasteiger partial charge in [-0.25, -0.2) is 9.59 Å². The maximum Gasteiger partial charge on any atom is 0.329 e. The second-order valence-corrected chi connectivity index (χ2v) is 3.21. The fourth-order valence-corrected chi connectivity index (χ4v) is 1.02. The van der Waals surface area contributed by atoms with Gasteiger partial charge in [-0.05, 0) is 24.3 Å². The van der Waals surface area contributed by atoms with Crippen molar-refractivity contribution in [3.05, 3.63) is 41.6 Å². The lowest BCUT2D eigenvalue weighted by Gasteiger charge is -2.03. The number of hydrogen-bond acceptors (Lipinski definition) is 2. The predicted octanol–water partition coefficient (Wildman–Crippen LogP) is 2.06. The van der Waals surface area contributed by atoms with Crippen molar-refractivity contribution in [2.24, 2.45) is 0 Å². The summed E-state index contributed by atoms with van der Waals surface area (Å²) in [5, 5.41) is 13.6. The smallest absolute Gasteiger partial charge is 0.329 e. The number of hydrogen-bond donors (Lipinski definition) is 3. The zero-order valence-electron chi connectivity index (χ0n) is 8.11. The van der Waals surface area contributed by atoms with Gasteiger partial charge in [0, 0.05) is 23.0 Å². The summed E-state index contributed by atoms with van der Waals surface area (Å²) in [4.78, 5) is 21.3. The lowest BCUT2D eigenvalue weighted by Crippen LogP contribution is -2.23. The van der Waals surface area contributed by atoms with Gasteiger partial charge in [0.2, 0.25) is 0 Å². The Morgan fingerprint density at radius 3 is 2.44 bits per heavy atom. The van der Waals surface area contributed by atoms with Gasteiger partial charge in [0.25, 0.3) is 0 Å². The van der Waals surface area contributed by atoms with Crippen LogP contribution in [0, 0.1) is 0 Å². The van der Waals surface area contributed by atoms with E-state index in [0.717, 1.165) is 12.3 Å². The molecule has 0 atom stereocenters. The minimum atomic E-state index is -1.13. The summed E-state index contributed by atoms with van der Waals surface area (Å²) >= 11 is 5.66. The predicted molar refractivity (Wildman–Crippen MR) is 60.4 cm³/mol. The lowest BCUT2D eigenvalue weighted by atomic mass is 10.3. The van der Waals surface area contributed by atoms with E-state index < -0.39 is 12.0 Å². The molecule has 0 radical (unpaired) electrons. The standard InChI is InChI=1S/C10H9ClN2O3/c11-7-1-3-8(4-2-7)13-10(16)12-6-5-9(14)15/h1-6H,(H,14,15)(H2,12,13,16)/b6-5+. The lowest BCUT2D eigenvalue weighted by molar-refractivity contribution is -0.131. The molecule has 3 N–H and O–H groups in total. The van der Waals surface area contributed by atoms with Crippen molar-refractivity contribution in [2.75, 3.05) is 5.32 Å². The number of nitrogens with one attached hydrogen (secondary N) is 2. The summed E-state index contributed by atoms with van der Waals surface area (Å²) in [5.41, 5.74) is 0.561. The van der Waals surface area contributed by atoms with Crippen LogP contribution in [0.4, 0.5) is 10.5 Å². The molecule has 1 rings (SSSR count). The molecule has 84 valence electrons. The number of urea groups is 1. The molecule has 0 saturated carbocycles. The number of amides is 2. The highest BCUT2D eigenvalue weighted by Gasteiger charge is 1.98. The molecular formula is C10H9ClN2O3. The van der Waals surface area contributed by atoms with Crippen LogP contribution in [0.25, 0.3) is 0 Å². The first-order valence-electron chi connectivity index (χ1n) is 4.30. The van der Waals surface area contributed by atoms with E-state index in [1.54, 1.807) is 24.3 Å². The number of anilines is 1. The third kappa shape index (κ3) is 4.47. The maximum atomic E-state index is 11.2. The molecule has 0 unspecified atom stereocenters. The fourth-order valence-electron chi connectivity index (χ4n) is 0.889. The van der Waals surface area contributed by atoms with Crippen molar-refractivity contribution in [2.45, 2.75) is 0 Å². The third-order valence-electron chi connectivity index (χ3n) is 1.54. The Labute approximate surface area is 96.7 Å².